The van der Waals surface area contributed by atoms with Gasteiger partial charge >= 0.3 is 0 Å². The zero-order chi connectivity index (χ0) is 7.61. The molecule has 1 aliphatic heterocycles. The molecule has 0 amide bonds. The molecule has 10 heavy (non-hydrogen) atoms. The highest BCUT2D eigenvalue weighted by Gasteiger charge is 2.13. The molecule has 5 heteroatoms. The van der Waals surface area contributed by atoms with Crippen LogP contribution in [0.4, 0.5) is 0 Å². The topological polar surface area (TPSA) is 54.4 Å². The van der Waals surface area contributed by atoms with Gasteiger partial charge < -0.3 is 0 Å². The third kappa shape index (κ3) is 1.86. The Morgan fingerprint density at radius 3 is 2.60 bits per heavy atom. The molecule has 0 aromatic rings. The molecule has 1 N–H and O–H groups in total. The summed E-state index contributed by atoms with van der Waals surface area (Å²) < 4.78 is 29.4. The summed E-state index contributed by atoms with van der Waals surface area (Å²) in [5.74, 6) is 0.329. The quantitative estimate of drug-likeness (QED) is 0.609. The van der Waals surface area contributed by atoms with Gasteiger partial charge in [0.05, 0.1) is 4.91 Å². The van der Waals surface area contributed by atoms with Gasteiger partial charge in [-0.3, -0.25) is 4.55 Å². The molecule has 0 aliphatic carbocycles. The van der Waals surface area contributed by atoms with E-state index in [4.69, 9.17) is 4.55 Å². The number of rotatable bonds is 1. The SMILES string of the molecule is O=S(=O)(O)C1=CC=CSC1. The summed E-state index contributed by atoms with van der Waals surface area (Å²) in [4.78, 5) is 0.0694. The van der Waals surface area contributed by atoms with Crippen molar-refractivity contribution in [2.24, 2.45) is 0 Å². The fourth-order valence-electron chi connectivity index (χ4n) is 0.541. The number of hydrogen-bond acceptors (Lipinski definition) is 3. The molecule has 0 aromatic carbocycles. The molecular weight excluding hydrogens is 172 g/mol. The van der Waals surface area contributed by atoms with Crippen LogP contribution in [0.5, 0.6) is 0 Å². The van der Waals surface area contributed by atoms with Gasteiger partial charge in [-0.25, -0.2) is 0 Å². The average Bonchev–Trinajstić information content (AvgIpc) is 1.88. The molecule has 0 saturated heterocycles. The Balaban J connectivity index is 2.93. The van der Waals surface area contributed by atoms with E-state index in [9.17, 15) is 8.42 Å². The maximum absolute atomic E-state index is 10.4. The molecule has 1 rings (SSSR count). The monoisotopic (exact) mass is 178 g/mol. The standard InChI is InChI=1S/C5H6O3S2/c6-10(7,8)5-2-1-3-9-4-5/h1-3H,4H2,(H,6,7,8). The molecule has 0 bridgehead atoms. The highest BCUT2D eigenvalue weighted by Crippen LogP contribution is 2.18. The molecule has 3 nitrogen and oxygen atoms in total. The van der Waals surface area contributed by atoms with Crippen molar-refractivity contribution < 1.29 is 13.0 Å². The molecule has 0 aromatic heterocycles. The predicted molar refractivity (Wildman–Crippen MR) is 41.2 cm³/mol. The van der Waals surface area contributed by atoms with Gasteiger partial charge in [0, 0.05) is 5.75 Å². The summed E-state index contributed by atoms with van der Waals surface area (Å²) in [6.07, 6.45) is 2.99. The van der Waals surface area contributed by atoms with Crippen LogP contribution >= 0.6 is 11.8 Å². The fourth-order valence-corrected chi connectivity index (χ4v) is 2.14. The zero-order valence-electron chi connectivity index (χ0n) is 5.02. The van der Waals surface area contributed by atoms with Gasteiger partial charge in [0.2, 0.25) is 0 Å². The Kier molecular flexibility index (Phi) is 2.18. The summed E-state index contributed by atoms with van der Waals surface area (Å²) in [5.41, 5.74) is 0. The molecule has 1 heterocycles. The van der Waals surface area contributed by atoms with Crippen LogP contribution in [0.1, 0.15) is 0 Å². The Morgan fingerprint density at radius 2 is 2.30 bits per heavy atom. The van der Waals surface area contributed by atoms with E-state index in [2.05, 4.69) is 0 Å². The molecule has 0 saturated carbocycles. The average molecular weight is 178 g/mol. The van der Waals surface area contributed by atoms with Crippen molar-refractivity contribution in [3.63, 3.8) is 0 Å². The highest BCUT2D eigenvalue weighted by atomic mass is 32.2. The van der Waals surface area contributed by atoms with Crippen molar-refractivity contribution in [2.45, 2.75) is 0 Å². The van der Waals surface area contributed by atoms with Gasteiger partial charge in [-0.1, -0.05) is 6.08 Å². The van der Waals surface area contributed by atoms with Crippen molar-refractivity contribution >= 4 is 21.9 Å². The van der Waals surface area contributed by atoms with Crippen LogP contribution in [0, 0.1) is 0 Å². The number of hydrogen-bond donors (Lipinski definition) is 1. The second-order valence-electron chi connectivity index (χ2n) is 1.75. The maximum Gasteiger partial charge on any atom is 0.291 e. The van der Waals surface area contributed by atoms with Gasteiger partial charge in [0.1, 0.15) is 0 Å². The van der Waals surface area contributed by atoms with Crippen LogP contribution in [0.15, 0.2) is 22.5 Å². The van der Waals surface area contributed by atoms with Gasteiger partial charge in [0.25, 0.3) is 10.1 Å². The van der Waals surface area contributed by atoms with E-state index in [0.29, 0.717) is 5.75 Å². The molecule has 0 radical (unpaired) electrons. The molecule has 0 unspecified atom stereocenters. The van der Waals surface area contributed by atoms with E-state index < -0.39 is 10.1 Å². The van der Waals surface area contributed by atoms with Crippen molar-refractivity contribution in [3.05, 3.63) is 22.5 Å². The van der Waals surface area contributed by atoms with Gasteiger partial charge in [-0.15, -0.1) is 11.8 Å². The summed E-state index contributed by atoms with van der Waals surface area (Å²) in [6.45, 7) is 0. The molecule has 0 fully saturated rings. The second kappa shape index (κ2) is 2.77. The lowest BCUT2D eigenvalue weighted by molar-refractivity contribution is 0.491. The second-order valence-corrected chi connectivity index (χ2v) is 4.12. The Morgan fingerprint density at radius 1 is 1.60 bits per heavy atom. The molecule has 56 valence electrons. The fraction of sp³-hybridized carbons (Fsp3) is 0.200. The van der Waals surface area contributed by atoms with Crippen LogP contribution in [0.3, 0.4) is 0 Å². The van der Waals surface area contributed by atoms with Gasteiger partial charge in [0.15, 0.2) is 0 Å². The molecule has 0 atom stereocenters. The van der Waals surface area contributed by atoms with Crippen LogP contribution < -0.4 is 0 Å². The lowest BCUT2D eigenvalue weighted by atomic mass is 10.5. The summed E-state index contributed by atoms with van der Waals surface area (Å²) in [5, 5.41) is 1.77. The summed E-state index contributed by atoms with van der Waals surface area (Å²) in [7, 11) is -3.94. The molecular formula is C5H6O3S2. The van der Waals surface area contributed by atoms with Crippen molar-refractivity contribution in [2.75, 3.05) is 5.75 Å². The highest BCUT2D eigenvalue weighted by molar-refractivity contribution is 8.03. The maximum atomic E-state index is 10.4. The minimum absolute atomic E-state index is 0.0694. The predicted octanol–water partition coefficient (Wildman–Crippen LogP) is 1.02. The Labute approximate surface area is 63.6 Å². The Hall–Kier alpha value is -0.260. The third-order valence-electron chi connectivity index (χ3n) is 1.01. The smallest absolute Gasteiger partial charge is 0.282 e. The molecule has 0 spiro atoms. The van der Waals surface area contributed by atoms with E-state index >= 15 is 0 Å². The summed E-state index contributed by atoms with van der Waals surface area (Å²) in [6, 6.07) is 0. The minimum atomic E-state index is -3.94. The van der Waals surface area contributed by atoms with Gasteiger partial charge in [-0.2, -0.15) is 8.42 Å². The van der Waals surface area contributed by atoms with E-state index in [1.807, 2.05) is 0 Å². The lowest BCUT2D eigenvalue weighted by Gasteiger charge is -2.02. The minimum Gasteiger partial charge on any atom is -0.282 e. The summed E-state index contributed by atoms with van der Waals surface area (Å²) >= 11 is 1.34. The normalized spacial score (nSPS) is 18.7. The van der Waals surface area contributed by atoms with Crippen molar-refractivity contribution in [3.8, 4) is 0 Å². The van der Waals surface area contributed by atoms with Crippen LogP contribution in [-0.4, -0.2) is 18.7 Å². The third-order valence-corrected chi connectivity index (χ3v) is 2.97. The first kappa shape index (κ1) is 7.84. The van der Waals surface area contributed by atoms with E-state index in [1.54, 1.807) is 11.5 Å². The first-order valence-electron chi connectivity index (χ1n) is 2.55. The number of thioether (sulfide) groups is 1. The first-order valence-corrected chi connectivity index (χ1v) is 5.04. The van der Waals surface area contributed by atoms with Gasteiger partial charge in [-0.05, 0) is 11.5 Å². The van der Waals surface area contributed by atoms with E-state index in [-0.39, 0.29) is 4.91 Å². The van der Waals surface area contributed by atoms with Crippen LogP contribution in [0.25, 0.3) is 0 Å². The lowest BCUT2D eigenvalue weighted by Crippen LogP contribution is -2.04. The van der Waals surface area contributed by atoms with E-state index in [1.165, 1.54) is 17.8 Å². The zero-order valence-corrected chi connectivity index (χ0v) is 6.65. The first-order chi connectivity index (χ1) is 4.61. The number of allylic oxidation sites excluding steroid dienone is 2. The molecule has 1 aliphatic rings. The Bertz CT molecular complexity index is 273. The van der Waals surface area contributed by atoms with Crippen molar-refractivity contribution in [1.82, 2.24) is 0 Å². The van der Waals surface area contributed by atoms with Crippen LogP contribution in [0.2, 0.25) is 0 Å². The van der Waals surface area contributed by atoms with Crippen molar-refractivity contribution in [1.29, 1.82) is 0 Å². The largest absolute Gasteiger partial charge is 0.291 e. The van der Waals surface area contributed by atoms with Crippen LogP contribution in [-0.2, 0) is 10.1 Å². The van der Waals surface area contributed by atoms with E-state index in [0.717, 1.165) is 0 Å².